The predicted molar refractivity (Wildman–Crippen MR) is 68.3 cm³/mol. The zero-order valence-corrected chi connectivity index (χ0v) is 11.5. The predicted octanol–water partition coefficient (Wildman–Crippen LogP) is 2.10. The summed E-state index contributed by atoms with van der Waals surface area (Å²) in [5.41, 5.74) is 0.446. The summed E-state index contributed by atoms with van der Waals surface area (Å²) >= 11 is 9.06. The van der Waals surface area contributed by atoms with Crippen molar-refractivity contribution in [2.45, 2.75) is 0 Å². The number of ether oxygens (including phenoxy) is 2. The molecular weight excluding hydrogens is 311 g/mol. The largest absolute Gasteiger partial charge is 0.382 e. The third kappa shape index (κ3) is 5.45. The van der Waals surface area contributed by atoms with Gasteiger partial charge in [0.15, 0.2) is 5.15 Å². The van der Waals surface area contributed by atoms with Crippen LogP contribution in [-0.2, 0) is 14.3 Å². The minimum Gasteiger partial charge on any atom is -0.382 e. The Labute approximate surface area is 113 Å². The van der Waals surface area contributed by atoms with E-state index in [0.29, 0.717) is 18.9 Å². The summed E-state index contributed by atoms with van der Waals surface area (Å²) in [5, 5.41) is 2.83. The minimum absolute atomic E-state index is 0.0494. The molecular formula is C10H12BrClN2O3. The van der Waals surface area contributed by atoms with Gasteiger partial charge in [0, 0.05) is 17.8 Å². The number of nitrogens with zero attached hydrogens (tertiary/aromatic N) is 1. The van der Waals surface area contributed by atoms with E-state index in [2.05, 4.69) is 26.2 Å². The smallest absolute Gasteiger partial charge is 0.250 e. The fourth-order valence-electron chi connectivity index (χ4n) is 1.00. The van der Waals surface area contributed by atoms with Gasteiger partial charge in [-0.05, 0) is 22.0 Å². The molecule has 0 fully saturated rings. The van der Waals surface area contributed by atoms with E-state index < -0.39 is 0 Å². The van der Waals surface area contributed by atoms with Gasteiger partial charge in [0.05, 0.1) is 18.9 Å². The molecule has 94 valence electrons. The SMILES string of the molecule is COCCOCC(=O)Nc1cc(Br)cnc1Cl. The number of methoxy groups -OCH3 is 1. The van der Waals surface area contributed by atoms with Crippen LogP contribution in [0.1, 0.15) is 0 Å². The molecule has 0 saturated carbocycles. The van der Waals surface area contributed by atoms with E-state index in [1.807, 2.05) is 0 Å². The third-order valence-electron chi connectivity index (χ3n) is 1.74. The second-order valence-electron chi connectivity index (χ2n) is 3.09. The standard InChI is InChI=1S/C10H12BrClN2O3/c1-16-2-3-17-6-9(15)14-8-4-7(11)5-13-10(8)12/h4-5H,2-3,6H2,1H3,(H,14,15). The fraction of sp³-hybridized carbons (Fsp3) is 0.400. The Hall–Kier alpha value is -0.690. The van der Waals surface area contributed by atoms with E-state index in [1.165, 1.54) is 0 Å². The number of nitrogens with one attached hydrogen (secondary N) is 1. The second-order valence-corrected chi connectivity index (χ2v) is 4.36. The maximum absolute atomic E-state index is 11.5. The Morgan fingerprint density at radius 1 is 1.59 bits per heavy atom. The first-order valence-electron chi connectivity index (χ1n) is 4.81. The number of amides is 1. The van der Waals surface area contributed by atoms with Crippen LogP contribution in [0.15, 0.2) is 16.7 Å². The molecule has 0 radical (unpaired) electrons. The van der Waals surface area contributed by atoms with E-state index in [0.717, 1.165) is 4.47 Å². The van der Waals surface area contributed by atoms with Gasteiger partial charge >= 0.3 is 0 Å². The quantitative estimate of drug-likeness (QED) is 0.643. The van der Waals surface area contributed by atoms with E-state index >= 15 is 0 Å². The van der Waals surface area contributed by atoms with Gasteiger partial charge in [-0.1, -0.05) is 11.6 Å². The Balaban J connectivity index is 2.42. The number of hydrogen-bond donors (Lipinski definition) is 1. The Kier molecular flexibility index (Phi) is 6.43. The summed E-state index contributed by atoms with van der Waals surface area (Å²) in [4.78, 5) is 15.3. The van der Waals surface area contributed by atoms with Crippen molar-refractivity contribution in [1.82, 2.24) is 4.98 Å². The van der Waals surface area contributed by atoms with Crippen molar-refractivity contribution in [3.05, 3.63) is 21.9 Å². The molecule has 1 rings (SSSR count). The van der Waals surface area contributed by atoms with Crippen LogP contribution >= 0.6 is 27.5 Å². The molecule has 0 unspecified atom stereocenters. The summed E-state index contributed by atoms with van der Waals surface area (Å²) < 4.78 is 10.6. The minimum atomic E-state index is -0.289. The number of halogens is 2. The highest BCUT2D eigenvalue weighted by molar-refractivity contribution is 9.10. The highest BCUT2D eigenvalue weighted by atomic mass is 79.9. The third-order valence-corrected chi connectivity index (χ3v) is 2.48. The number of hydrogen-bond acceptors (Lipinski definition) is 4. The second kappa shape index (κ2) is 7.60. The van der Waals surface area contributed by atoms with Crippen molar-refractivity contribution in [3.63, 3.8) is 0 Å². The van der Waals surface area contributed by atoms with Gasteiger partial charge in [-0.3, -0.25) is 4.79 Å². The maximum Gasteiger partial charge on any atom is 0.250 e. The van der Waals surface area contributed by atoms with Gasteiger partial charge in [-0.15, -0.1) is 0 Å². The molecule has 17 heavy (non-hydrogen) atoms. The zero-order valence-electron chi connectivity index (χ0n) is 9.20. The average molecular weight is 324 g/mol. The van der Waals surface area contributed by atoms with E-state index in [9.17, 15) is 4.79 Å². The van der Waals surface area contributed by atoms with Crippen molar-refractivity contribution in [2.24, 2.45) is 0 Å². The van der Waals surface area contributed by atoms with Crippen molar-refractivity contribution in [2.75, 3.05) is 32.2 Å². The normalized spacial score (nSPS) is 10.3. The van der Waals surface area contributed by atoms with Crippen molar-refractivity contribution >= 4 is 39.1 Å². The number of rotatable bonds is 6. The molecule has 0 aliphatic rings. The van der Waals surface area contributed by atoms with Crippen LogP contribution < -0.4 is 5.32 Å². The number of carbonyl (C=O) groups excluding carboxylic acids is 1. The monoisotopic (exact) mass is 322 g/mol. The van der Waals surface area contributed by atoms with E-state index in [4.69, 9.17) is 21.1 Å². The van der Waals surface area contributed by atoms with Crippen LogP contribution in [0.25, 0.3) is 0 Å². The zero-order chi connectivity index (χ0) is 12.7. The molecule has 1 amide bonds. The molecule has 7 heteroatoms. The summed E-state index contributed by atoms with van der Waals surface area (Å²) in [5.74, 6) is -0.289. The van der Waals surface area contributed by atoms with Crippen molar-refractivity contribution in [3.8, 4) is 0 Å². The molecule has 1 aromatic heterocycles. The lowest BCUT2D eigenvalue weighted by atomic mass is 10.4. The summed E-state index contributed by atoms with van der Waals surface area (Å²) in [6.45, 7) is 0.771. The van der Waals surface area contributed by atoms with Crippen LogP contribution in [0.2, 0.25) is 5.15 Å². The van der Waals surface area contributed by atoms with E-state index in [1.54, 1.807) is 19.4 Å². The highest BCUT2D eigenvalue weighted by Gasteiger charge is 2.07. The van der Waals surface area contributed by atoms with Crippen LogP contribution in [0, 0.1) is 0 Å². The first-order valence-corrected chi connectivity index (χ1v) is 5.98. The maximum atomic E-state index is 11.5. The first-order chi connectivity index (χ1) is 8.13. The van der Waals surface area contributed by atoms with Crippen LogP contribution in [0.4, 0.5) is 5.69 Å². The molecule has 0 bridgehead atoms. The van der Waals surface area contributed by atoms with Gasteiger partial charge in [-0.2, -0.15) is 0 Å². The Morgan fingerprint density at radius 3 is 3.06 bits per heavy atom. The summed E-state index contributed by atoms with van der Waals surface area (Å²) in [6.07, 6.45) is 1.55. The lowest BCUT2D eigenvalue weighted by Crippen LogP contribution is -2.20. The van der Waals surface area contributed by atoms with Gasteiger partial charge < -0.3 is 14.8 Å². The molecule has 0 aliphatic carbocycles. The molecule has 1 N–H and O–H groups in total. The molecule has 5 nitrogen and oxygen atoms in total. The number of pyridine rings is 1. The van der Waals surface area contributed by atoms with Crippen molar-refractivity contribution < 1.29 is 14.3 Å². The van der Waals surface area contributed by atoms with Gasteiger partial charge in [0.25, 0.3) is 0 Å². The highest BCUT2D eigenvalue weighted by Crippen LogP contribution is 2.22. The Morgan fingerprint density at radius 2 is 2.35 bits per heavy atom. The topological polar surface area (TPSA) is 60.5 Å². The number of aromatic nitrogens is 1. The Bertz CT molecular complexity index is 390. The van der Waals surface area contributed by atoms with Gasteiger partial charge in [0.1, 0.15) is 6.61 Å². The van der Waals surface area contributed by atoms with Crippen molar-refractivity contribution in [1.29, 1.82) is 0 Å². The molecule has 0 aromatic carbocycles. The molecule has 0 saturated heterocycles. The number of anilines is 1. The van der Waals surface area contributed by atoms with Gasteiger partial charge in [0.2, 0.25) is 5.91 Å². The molecule has 0 spiro atoms. The molecule has 1 heterocycles. The average Bonchev–Trinajstić information content (AvgIpc) is 2.29. The molecule has 0 atom stereocenters. The van der Waals surface area contributed by atoms with E-state index in [-0.39, 0.29) is 17.7 Å². The molecule has 1 aromatic rings. The van der Waals surface area contributed by atoms with Gasteiger partial charge in [-0.25, -0.2) is 4.98 Å². The lowest BCUT2D eigenvalue weighted by molar-refractivity contribution is -0.121. The van der Waals surface area contributed by atoms with Crippen LogP contribution in [0.3, 0.4) is 0 Å². The van der Waals surface area contributed by atoms with Crippen LogP contribution in [-0.4, -0.2) is 37.8 Å². The first kappa shape index (κ1) is 14.4. The summed E-state index contributed by atoms with van der Waals surface area (Å²) in [6, 6.07) is 1.67. The molecule has 0 aliphatic heterocycles. The fourth-order valence-corrected chi connectivity index (χ4v) is 1.49. The number of carbonyl (C=O) groups is 1. The summed E-state index contributed by atoms with van der Waals surface area (Å²) in [7, 11) is 1.57. The lowest BCUT2D eigenvalue weighted by Gasteiger charge is -2.07. The van der Waals surface area contributed by atoms with Crippen LogP contribution in [0.5, 0.6) is 0 Å².